The number of hydrogen-bond acceptors (Lipinski definition) is 6. The summed E-state index contributed by atoms with van der Waals surface area (Å²) in [5.41, 5.74) is 2.53. The minimum atomic E-state index is -3.58. The van der Waals surface area contributed by atoms with Crippen molar-refractivity contribution in [1.82, 2.24) is 9.29 Å². The number of anilines is 1. The summed E-state index contributed by atoms with van der Waals surface area (Å²) < 4.78 is 34.9. The van der Waals surface area contributed by atoms with E-state index in [0.29, 0.717) is 48.8 Å². The SMILES string of the molecule is CC1CCCN(S(=O)(=O)c2ccc(C(=O)N(CC3CCCO3)c3nc4c(C(C)C)cccc4s3)cc2)C1. The van der Waals surface area contributed by atoms with E-state index < -0.39 is 10.0 Å². The van der Waals surface area contributed by atoms with Crippen molar-refractivity contribution in [2.45, 2.75) is 63.4 Å². The van der Waals surface area contributed by atoms with Gasteiger partial charge in [-0.3, -0.25) is 9.69 Å². The number of piperidine rings is 1. The fourth-order valence-electron chi connectivity index (χ4n) is 5.22. The third-order valence-electron chi connectivity index (χ3n) is 7.31. The summed E-state index contributed by atoms with van der Waals surface area (Å²) in [4.78, 5) is 20.7. The van der Waals surface area contributed by atoms with Crippen LogP contribution in [-0.4, -0.2) is 56.0 Å². The average molecular weight is 542 g/mol. The van der Waals surface area contributed by atoms with E-state index in [1.54, 1.807) is 33.5 Å². The van der Waals surface area contributed by atoms with E-state index in [2.05, 4.69) is 26.8 Å². The monoisotopic (exact) mass is 541 g/mol. The number of para-hydroxylation sites is 1. The van der Waals surface area contributed by atoms with Gasteiger partial charge in [0.15, 0.2) is 5.13 Å². The van der Waals surface area contributed by atoms with Crippen molar-refractivity contribution in [1.29, 1.82) is 0 Å². The molecular formula is C28H35N3O4S2. The normalized spacial score (nSPS) is 21.1. The lowest BCUT2D eigenvalue weighted by molar-refractivity contribution is 0.0917. The number of aromatic nitrogens is 1. The topological polar surface area (TPSA) is 79.8 Å². The standard InChI is InChI=1S/C28H35N3O4S2/c1-19(2)24-9-4-10-25-26(24)29-28(36-25)31(18-22-8-6-16-35-22)27(32)21-11-13-23(14-12-21)37(33,34)30-15-5-7-20(3)17-30/h4,9-14,19-20,22H,5-8,15-18H2,1-3H3. The lowest BCUT2D eigenvalue weighted by Gasteiger charge is -2.30. The molecule has 2 fully saturated rings. The molecule has 0 bridgehead atoms. The first-order chi connectivity index (χ1) is 17.7. The number of carbonyl (C=O) groups excluding carboxylic acids is 1. The summed E-state index contributed by atoms with van der Waals surface area (Å²) in [6.07, 6.45) is 3.75. The molecule has 0 aliphatic carbocycles. The summed E-state index contributed by atoms with van der Waals surface area (Å²) in [6.45, 7) is 8.56. The van der Waals surface area contributed by atoms with Gasteiger partial charge in [-0.2, -0.15) is 4.31 Å². The highest BCUT2D eigenvalue weighted by molar-refractivity contribution is 7.89. The van der Waals surface area contributed by atoms with Crippen molar-refractivity contribution in [3.63, 3.8) is 0 Å². The fourth-order valence-corrected chi connectivity index (χ4v) is 7.82. The first kappa shape index (κ1) is 26.3. The quantitative estimate of drug-likeness (QED) is 0.385. The molecule has 3 heterocycles. The van der Waals surface area contributed by atoms with E-state index in [4.69, 9.17) is 9.72 Å². The molecule has 37 heavy (non-hydrogen) atoms. The Morgan fingerprint density at radius 2 is 1.95 bits per heavy atom. The summed E-state index contributed by atoms with van der Waals surface area (Å²) in [5.74, 6) is 0.468. The first-order valence-corrected chi connectivity index (χ1v) is 15.4. The molecule has 2 aliphatic rings. The van der Waals surface area contributed by atoms with Crippen LogP contribution in [0.4, 0.5) is 5.13 Å². The number of nitrogens with zero attached hydrogens (tertiary/aromatic N) is 3. The molecule has 7 nitrogen and oxygen atoms in total. The van der Waals surface area contributed by atoms with Crippen LogP contribution in [0.2, 0.25) is 0 Å². The maximum Gasteiger partial charge on any atom is 0.260 e. The molecule has 9 heteroatoms. The minimum absolute atomic E-state index is 0.0405. The van der Waals surface area contributed by atoms with E-state index in [1.807, 2.05) is 12.1 Å². The predicted octanol–water partition coefficient (Wildman–Crippen LogP) is 5.67. The van der Waals surface area contributed by atoms with Gasteiger partial charge in [0.25, 0.3) is 5.91 Å². The van der Waals surface area contributed by atoms with Gasteiger partial charge >= 0.3 is 0 Å². The smallest absolute Gasteiger partial charge is 0.260 e. The lowest BCUT2D eigenvalue weighted by Crippen LogP contribution is -2.39. The van der Waals surface area contributed by atoms with Crippen LogP contribution in [0.1, 0.15) is 68.3 Å². The summed E-state index contributed by atoms with van der Waals surface area (Å²) >= 11 is 1.51. The summed E-state index contributed by atoms with van der Waals surface area (Å²) in [6, 6.07) is 12.5. The first-order valence-electron chi connectivity index (χ1n) is 13.2. The van der Waals surface area contributed by atoms with Crippen molar-refractivity contribution in [2.24, 2.45) is 5.92 Å². The van der Waals surface area contributed by atoms with Crippen LogP contribution in [0.5, 0.6) is 0 Å². The van der Waals surface area contributed by atoms with Gasteiger partial charge in [-0.15, -0.1) is 0 Å². The van der Waals surface area contributed by atoms with Gasteiger partial charge in [-0.1, -0.05) is 44.2 Å². The Hall–Kier alpha value is -2.33. The fraction of sp³-hybridized carbons (Fsp3) is 0.500. The highest BCUT2D eigenvalue weighted by Gasteiger charge is 2.30. The highest BCUT2D eigenvalue weighted by atomic mass is 32.2. The Morgan fingerprint density at radius 3 is 2.62 bits per heavy atom. The Kier molecular flexibility index (Phi) is 7.68. The molecule has 2 aliphatic heterocycles. The number of sulfonamides is 1. The zero-order valence-corrected chi connectivity index (χ0v) is 23.4. The molecule has 2 unspecified atom stereocenters. The zero-order valence-electron chi connectivity index (χ0n) is 21.7. The number of ether oxygens (including phenoxy) is 1. The van der Waals surface area contributed by atoms with Crippen LogP contribution in [0.25, 0.3) is 10.2 Å². The second-order valence-corrected chi connectivity index (χ2v) is 13.5. The van der Waals surface area contributed by atoms with Gasteiger partial charge in [-0.05, 0) is 73.4 Å². The number of amides is 1. The molecular weight excluding hydrogens is 506 g/mol. The molecule has 2 saturated heterocycles. The Morgan fingerprint density at radius 1 is 1.16 bits per heavy atom. The van der Waals surface area contributed by atoms with Crippen LogP contribution >= 0.6 is 11.3 Å². The minimum Gasteiger partial charge on any atom is -0.376 e. The van der Waals surface area contributed by atoms with Crippen LogP contribution in [0.3, 0.4) is 0 Å². The molecule has 198 valence electrons. The van der Waals surface area contributed by atoms with Crippen molar-refractivity contribution in [2.75, 3.05) is 31.1 Å². The Labute approximate surface area is 223 Å². The van der Waals surface area contributed by atoms with E-state index in [-0.39, 0.29) is 16.9 Å². The third kappa shape index (κ3) is 5.46. The molecule has 0 N–H and O–H groups in total. The number of hydrogen-bond donors (Lipinski definition) is 0. The number of thiazole rings is 1. The van der Waals surface area contributed by atoms with Crippen LogP contribution in [0, 0.1) is 5.92 Å². The predicted molar refractivity (Wildman–Crippen MR) is 148 cm³/mol. The lowest BCUT2D eigenvalue weighted by atomic mass is 10.0. The molecule has 2 aromatic carbocycles. The third-order valence-corrected chi connectivity index (χ3v) is 10.2. The number of benzene rings is 2. The van der Waals surface area contributed by atoms with Gasteiger partial charge in [0, 0.05) is 25.3 Å². The van der Waals surface area contributed by atoms with E-state index in [0.717, 1.165) is 41.5 Å². The van der Waals surface area contributed by atoms with Gasteiger partial charge in [-0.25, -0.2) is 13.4 Å². The summed E-state index contributed by atoms with van der Waals surface area (Å²) in [5, 5.41) is 0.641. The molecule has 2 atom stereocenters. The van der Waals surface area contributed by atoms with E-state index >= 15 is 0 Å². The molecule has 0 radical (unpaired) electrons. The van der Waals surface area contributed by atoms with Crippen molar-refractivity contribution >= 4 is 42.6 Å². The van der Waals surface area contributed by atoms with Crippen LogP contribution < -0.4 is 4.90 Å². The molecule has 0 saturated carbocycles. The molecule has 3 aromatic rings. The van der Waals surface area contributed by atoms with Crippen molar-refractivity contribution in [3.8, 4) is 0 Å². The highest BCUT2D eigenvalue weighted by Crippen LogP contribution is 2.35. The number of fused-ring (bicyclic) bond motifs is 1. The maximum absolute atomic E-state index is 13.8. The number of rotatable bonds is 7. The second kappa shape index (κ2) is 10.8. The molecule has 1 amide bonds. The summed E-state index contributed by atoms with van der Waals surface area (Å²) in [7, 11) is -3.58. The van der Waals surface area contributed by atoms with E-state index in [9.17, 15) is 13.2 Å². The average Bonchev–Trinajstić information content (AvgIpc) is 3.56. The molecule has 0 spiro atoms. The zero-order chi connectivity index (χ0) is 26.2. The largest absolute Gasteiger partial charge is 0.376 e. The van der Waals surface area contributed by atoms with Gasteiger partial charge in [0.05, 0.1) is 27.8 Å². The molecule has 1 aromatic heterocycles. The number of carbonyl (C=O) groups is 1. The van der Waals surface area contributed by atoms with Gasteiger partial charge in [0.1, 0.15) is 0 Å². The van der Waals surface area contributed by atoms with Crippen molar-refractivity contribution < 1.29 is 17.9 Å². The van der Waals surface area contributed by atoms with Crippen LogP contribution in [-0.2, 0) is 14.8 Å². The Balaban J connectivity index is 1.45. The van der Waals surface area contributed by atoms with Crippen LogP contribution in [0.15, 0.2) is 47.4 Å². The molecule has 5 rings (SSSR count). The van der Waals surface area contributed by atoms with Crippen molar-refractivity contribution in [3.05, 3.63) is 53.6 Å². The van der Waals surface area contributed by atoms with E-state index in [1.165, 1.54) is 11.3 Å². The van der Waals surface area contributed by atoms with Gasteiger partial charge < -0.3 is 4.74 Å². The Bertz CT molecular complexity index is 1360. The second-order valence-electron chi connectivity index (χ2n) is 10.5. The maximum atomic E-state index is 13.8. The van der Waals surface area contributed by atoms with Gasteiger partial charge in [0.2, 0.25) is 10.0 Å².